The van der Waals surface area contributed by atoms with Crippen molar-refractivity contribution in [1.82, 2.24) is 19.8 Å². The predicted octanol–water partition coefficient (Wildman–Crippen LogP) is 1.74. The van der Waals surface area contributed by atoms with Crippen molar-refractivity contribution in [3.05, 3.63) is 10.8 Å². The normalized spacial score (nSPS) is 16.4. The Balaban J connectivity index is 1.87. The zero-order chi connectivity index (χ0) is 12.9. The Morgan fingerprint density at radius 1 is 1.39 bits per heavy atom. The van der Waals surface area contributed by atoms with Gasteiger partial charge in [0.1, 0.15) is 5.01 Å². The Morgan fingerprint density at radius 3 is 2.72 bits per heavy atom. The number of halogens is 3. The lowest BCUT2D eigenvalue weighted by molar-refractivity contribution is -0.170. The first-order valence-electron chi connectivity index (χ1n) is 5.26. The molecule has 0 spiro atoms. The number of nitrogens with zero attached hydrogens (tertiary/aromatic N) is 4. The molecular formula is C9H7F3N4OS. The molecule has 18 heavy (non-hydrogen) atoms. The van der Waals surface area contributed by atoms with Crippen LogP contribution in [-0.2, 0) is 11.2 Å². The lowest BCUT2D eigenvalue weighted by atomic mass is 10.3. The molecule has 0 radical (unpaired) electrons. The molecule has 1 saturated carbocycles. The fourth-order valence-corrected chi connectivity index (χ4v) is 2.42. The first kappa shape index (κ1) is 11.6. The van der Waals surface area contributed by atoms with Gasteiger partial charge in [0.05, 0.1) is 6.42 Å². The van der Waals surface area contributed by atoms with Crippen LogP contribution in [0, 0.1) is 0 Å². The molecule has 0 amide bonds. The summed E-state index contributed by atoms with van der Waals surface area (Å²) in [5, 5.41) is 11.9. The van der Waals surface area contributed by atoms with E-state index in [0.29, 0.717) is 16.7 Å². The van der Waals surface area contributed by atoms with Crippen LogP contribution >= 0.6 is 11.3 Å². The first-order valence-corrected chi connectivity index (χ1v) is 6.08. The molecule has 0 aliphatic heterocycles. The maximum absolute atomic E-state index is 12.1. The van der Waals surface area contributed by atoms with E-state index in [2.05, 4.69) is 15.3 Å². The Bertz CT molecular complexity index is 613. The van der Waals surface area contributed by atoms with Crippen LogP contribution in [0.25, 0.3) is 4.96 Å². The standard InChI is InChI=1S/C9H7F3N4OS/c10-9(11,12)5(17)3-6-15-16-7(4-1-2-4)13-14-8(16)18-6/h4H,1-3H2. The van der Waals surface area contributed by atoms with Crippen LogP contribution in [0.4, 0.5) is 13.2 Å². The van der Waals surface area contributed by atoms with Gasteiger partial charge in [-0.2, -0.15) is 22.8 Å². The highest BCUT2D eigenvalue weighted by Crippen LogP contribution is 2.39. The molecule has 96 valence electrons. The molecule has 2 aromatic heterocycles. The number of rotatable bonds is 3. The van der Waals surface area contributed by atoms with Crippen LogP contribution in [-0.4, -0.2) is 31.8 Å². The monoisotopic (exact) mass is 276 g/mol. The third-order valence-electron chi connectivity index (χ3n) is 2.63. The smallest absolute Gasteiger partial charge is 0.289 e. The number of fused-ring (bicyclic) bond motifs is 1. The van der Waals surface area contributed by atoms with Gasteiger partial charge in [-0.1, -0.05) is 11.3 Å². The summed E-state index contributed by atoms with van der Waals surface area (Å²) in [6.45, 7) is 0. The fourth-order valence-electron chi connectivity index (χ4n) is 1.58. The number of alkyl halides is 3. The number of aromatic nitrogens is 4. The van der Waals surface area contributed by atoms with E-state index >= 15 is 0 Å². The average molecular weight is 276 g/mol. The highest BCUT2D eigenvalue weighted by atomic mass is 32.1. The highest BCUT2D eigenvalue weighted by molar-refractivity contribution is 7.16. The van der Waals surface area contributed by atoms with Crippen LogP contribution in [0.2, 0.25) is 0 Å². The molecule has 0 saturated heterocycles. The van der Waals surface area contributed by atoms with E-state index in [1.807, 2.05) is 0 Å². The molecule has 1 fully saturated rings. The molecule has 1 aliphatic carbocycles. The average Bonchev–Trinajstić information content (AvgIpc) is 2.90. The van der Waals surface area contributed by atoms with Gasteiger partial charge in [-0.25, -0.2) is 0 Å². The summed E-state index contributed by atoms with van der Waals surface area (Å²) in [5.41, 5.74) is 0. The third kappa shape index (κ3) is 1.98. The van der Waals surface area contributed by atoms with Gasteiger partial charge < -0.3 is 0 Å². The summed E-state index contributed by atoms with van der Waals surface area (Å²) in [6.07, 6.45) is -3.56. The molecule has 0 bridgehead atoms. The molecule has 0 atom stereocenters. The molecular weight excluding hydrogens is 269 g/mol. The van der Waals surface area contributed by atoms with Gasteiger partial charge >= 0.3 is 6.18 Å². The van der Waals surface area contributed by atoms with E-state index in [9.17, 15) is 18.0 Å². The maximum atomic E-state index is 12.1. The van der Waals surface area contributed by atoms with E-state index in [1.165, 1.54) is 4.52 Å². The number of ketones is 1. The van der Waals surface area contributed by atoms with Gasteiger partial charge in [-0.05, 0) is 12.8 Å². The summed E-state index contributed by atoms with van der Waals surface area (Å²) < 4.78 is 37.8. The summed E-state index contributed by atoms with van der Waals surface area (Å²) >= 11 is 0.965. The fraction of sp³-hybridized carbons (Fsp3) is 0.556. The van der Waals surface area contributed by atoms with E-state index in [0.717, 1.165) is 24.2 Å². The Hall–Kier alpha value is -1.51. The van der Waals surface area contributed by atoms with Crippen LogP contribution in [0.3, 0.4) is 0 Å². The summed E-state index contributed by atoms with van der Waals surface area (Å²) in [6, 6.07) is 0. The quantitative estimate of drug-likeness (QED) is 0.856. The SMILES string of the molecule is O=C(Cc1nn2c(C3CC3)nnc2s1)C(F)(F)F. The van der Waals surface area contributed by atoms with Crippen LogP contribution in [0.15, 0.2) is 0 Å². The summed E-state index contributed by atoms with van der Waals surface area (Å²) in [5.74, 6) is -0.819. The zero-order valence-corrected chi connectivity index (χ0v) is 9.75. The van der Waals surface area contributed by atoms with Crippen molar-refractivity contribution in [3.8, 4) is 0 Å². The second kappa shape index (κ2) is 3.74. The molecule has 2 aromatic rings. The number of hydrogen-bond acceptors (Lipinski definition) is 5. The van der Waals surface area contributed by atoms with Gasteiger partial charge in [0.15, 0.2) is 5.82 Å². The number of Topliss-reactive ketones (excluding diaryl/α,β-unsaturated/α-hetero) is 1. The van der Waals surface area contributed by atoms with Crippen molar-refractivity contribution in [2.45, 2.75) is 31.4 Å². The van der Waals surface area contributed by atoms with Crippen LogP contribution in [0.5, 0.6) is 0 Å². The minimum Gasteiger partial charge on any atom is -0.289 e. The first-order chi connectivity index (χ1) is 8.45. The van der Waals surface area contributed by atoms with E-state index in [4.69, 9.17) is 0 Å². The van der Waals surface area contributed by atoms with Gasteiger partial charge in [-0.3, -0.25) is 4.79 Å². The largest absolute Gasteiger partial charge is 0.450 e. The number of hydrogen-bond donors (Lipinski definition) is 0. The van der Waals surface area contributed by atoms with E-state index in [1.54, 1.807) is 0 Å². The minimum absolute atomic E-state index is 0.115. The molecule has 0 aromatic carbocycles. The van der Waals surface area contributed by atoms with Crippen LogP contribution < -0.4 is 0 Å². The molecule has 1 aliphatic rings. The Morgan fingerprint density at radius 2 is 2.11 bits per heavy atom. The Kier molecular flexibility index (Phi) is 2.40. The molecule has 0 unspecified atom stereocenters. The molecule has 5 nitrogen and oxygen atoms in total. The second-order valence-corrected chi connectivity index (χ2v) is 5.16. The third-order valence-corrected chi connectivity index (χ3v) is 3.53. The molecule has 9 heteroatoms. The minimum atomic E-state index is -4.81. The Labute approximate surface area is 103 Å². The van der Waals surface area contributed by atoms with Crippen molar-refractivity contribution >= 4 is 22.1 Å². The van der Waals surface area contributed by atoms with Gasteiger partial charge in [0.2, 0.25) is 10.7 Å². The zero-order valence-electron chi connectivity index (χ0n) is 8.94. The lowest BCUT2D eigenvalue weighted by Crippen LogP contribution is -2.24. The van der Waals surface area contributed by atoms with Crippen molar-refractivity contribution < 1.29 is 18.0 Å². The van der Waals surface area contributed by atoms with Crippen molar-refractivity contribution in [3.63, 3.8) is 0 Å². The van der Waals surface area contributed by atoms with Gasteiger partial charge in [0.25, 0.3) is 0 Å². The number of carbonyl (C=O) groups is 1. The molecule has 0 N–H and O–H groups in total. The highest BCUT2D eigenvalue weighted by Gasteiger charge is 2.39. The maximum Gasteiger partial charge on any atom is 0.450 e. The summed E-state index contributed by atoms with van der Waals surface area (Å²) in [7, 11) is 0. The lowest BCUT2D eigenvalue weighted by Gasteiger charge is -2.01. The summed E-state index contributed by atoms with van der Waals surface area (Å²) in [4.78, 5) is 11.3. The topological polar surface area (TPSA) is 60.2 Å². The van der Waals surface area contributed by atoms with Gasteiger partial charge in [0, 0.05) is 5.92 Å². The number of carbonyl (C=O) groups excluding carboxylic acids is 1. The van der Waals surface area contributed by atoms with Gasteiger partial charge in [-0.15, -0.1) is 10.2 Å². The van der Waals surface area contributed by atoms with Crippen molar-refractivity contribution in [2.24, 2.45) is 0 Å². The predicted molar refractivity (Wildman–Crippen MR) is 55.4 cm³/mol. The van der Waals surface area contributed by atoms with Crippen LogP contribution in [0.1, 0.15) is 29.6 Å². The second-order valence-electron chi connectivity index (χ2n) is 4.12. The van der Waals surface area contributed by atoms with Crippen molar-refractivity contribution in [2.75, 3.05) is 0 Å². The van der Waals surface area contributed by atoms with E-state index in [-0.39, 0.29) is 5.01 Å². The van der Waals surface area contributed by atoms with E-state index < -0.39 is 18.4 Å². The van der Waals surface area contributed by atoms with Crippen molar-refractivity contribution in [1.29, 1.82) is 0 Å². The molecule has 2 heterocycles. The molecule has 3 rings (SSSR count).